The summed E-state index contributed by atoms with van der Waals surface area (Å²) in [5, 5.41) is 14.7. The van der Waals surface area contributed by atoms with Crippen LogP contribution in [0.25, 0.3) is 0 Å². The van der Waals surface area contributed by atoms with E-state index in [0.29, 0.717) is 24.3 Å². The Bertz CT molecular complexity index is 756. The van der Waals surface area contributed by atoms with Gasteiger partial charge in [-0.2, -0.15) is 0 Å². The molecule has 4 aliphatic carbocycles. The number of hydrogen-bond acceptors (Lipinski definition) is 6. The summed E-state index contributed by atoms with van der Waals surface area (Å²) in [7, 11) is 10.8. The average Bonchev–Trinajstić information content (AvgIpc) is 3.08. The van der Waals surface area contributed by atoms with Crippen LogP contribution in [-0.2, 0) is 9.53 Å². The van der Waals surface area contributed by atoms with E-state index < -0.39 is 5.59 Å². The Morgan fingerprint density at radius 2 is 1.88 bits per heavy atom. The second-order valence-corrected chi connectivity index (χ2v) is 11.7. The van der Waals surface area contributed by atoms with E-state index in [1.165, 1.54) is 30.8 Å². The summed E-state index contributed by atoms with van der Waals surface area (Å²) in [6.45, 7) is 4.59. The van der Waals surface area contributed by atoms with E-state index in [1.54, 1.807) is 6.92 Å². The monoisotopic (exact) mass is 454 g/mol. The van der Waals surface area contributed by atoms with Crippen molar-refractivity contribution in [1.29, 1.82) is 0 Å². The summed E-state index contributed by atoms with van der Waals surface area (Å²) in [5.74, 6) is 10.6. The van der Waals surface area contributed by atoms with Crippen molar-refractivity contribution in [3.63, 3.8) is 0 Å². The van der Waals surface area contributed by atoms with Crippen LogP contribution in [0.15, 0.2) is 5.10 Å². The van der Waals surface area contributed by atoms with Crippen molar-refractivity contribution in [2.45, 2.75) is 77.2 Å². The molecule has 8 atom stereocenters. The number of carbonyl (C=O) groups is 1. The van der Waals surface area contributed by atoms with Crippen LogP contribution in [0.4, 0.5) is 0 Å². The van der Waals surface area contributed by atoms with Crippen molar-refractivity contribution in [2.24, 2.45) is 63.5 Å². The number of hydrazine groups is 1. The first-order valence-electron chi connectivity index (χ1n) is 12.8. The molecule has 4 saturated carbocycles. The molecule has 0 amide bonds. The molecular formula is C24H40B2N4O3. The molecule has 33 heavy (non-hydrogen) atoms. The molecule has 4 radical (unpaired) electrons. The molecule has 7 nitrogen and oxygen atoms in total. The largest absolute Gasteiger partial charge is 0.386 e. The number of Topliss-reactive ketones (excluding diaryl/α,β-unsaturated/α-hetero) is 1. The molecule has 5 N–H and O–H groups in total. The third kappa shape index (κ3) is 5.30. The van der Waals surface area contributed by atoms with Crippen LogP contribution in [0.5, 0.6) is 0 Å². The second-order valence-electron chi connectivity index (χ2n) is 11.7. The zero-order chi connectivity index (χ0) is 24.0. The van der Waals surface area contributed by atoms with E-state index >= 15 is 0 Å². The molecule has 0 spiro atoms. The maximum absolute atomic E-state index is 13.2. The van der Waals surface area contributed by atoms with Gasteiger partial charge in [-0.1, -0.05) is 6.92 Å². The summed E-state index contributed by atoms with van der Waals surface area (Å²) < 4.78 is 5.26. The van der Waals surface area contributed by atoms with Crippen LogP contribution < -0.4 is 11.6 Å². The molecule has 0 aromatic carbocycles. The standard InChI is InChI=1S/C24H40B2N4O3/c1-14(27)29-30(28)12-22(31)21-8-7-20-19-6-4-16-11-15(13-33-24(25,26)32)3-5-17(16)18(19)9-10-23(20,21)2/h15-21,32H,3-13,28H2,1-2H3,(H2,27,29). The number of amidine groups is 1. The minimum Gasteiger partial charge on any atom is -0.386 e. The van der Waals surface area contributed by atoms with E-state index in [4.69, 9.17) is 32.0 Å². The van der Waals surface area contributed by atoms with Gasteiger partial charge in [-0.25, -0.2) is 11.0 Å². The number of hydrogen-bond donors (Lipinski definition) is 3. The van der Waals surface area contributed by atoms with E-state index in [1.807, 2.05) is 0 Å². The number of aliphatic hydroxyl groups is 1. The van der Waals surface area contributed by atoms with Gasteiger partial charge in [0.1, 0.15) is 28.1 Å². The number of nitrogens with zero attached hydrogens (tertiary/aromatic N) is 2. The predicted octanol–water partition coefficient (Wildman–Crippen LogP) is 1.87. The number of fused-ring (bicyclic) bond motifs is 5. The van der Waals surface area contributed by atoms with E-state index in [2.05, 4.69) is 12.0 Å². The number of carbonyl (C=O) groups excluding carboxylic acids is 1. The lowest BCUT2D eigenvalue weighted by molar-refractivity contribution is -0.132. The van der Waals surface area contributed by atoms with Crippen LogP contribution in [0.2, 0.25) is 0 Å². The Kier molecular flexibility index (Phi) is 7.24. The summed E-state index contributed by atoms with van der Waals surface area (Å²) in [6, 6.07) is 0. The first-order chi connectivity index (χ1) is 15.5. The van der Waals surface area contributed by atoms with Gasteiger partial charge in [-0.3, -0.25) is 4.79 Å². The predicted molar refractivity (Wildman–Crippen MR) is 130 cm³/mol. The Hall–Kier alpha value is -1.05. The van der Waals surface area contributed by atoms with Crippen molar-refractivity contribution < 1.29 is 14.6 Å². The van der Waals surface area contributed by atoms with Gasteiger partial charge in [0, 0.05) is 5.92 Å². The van der Waals surface area contributed by atoms with Crippen LogP contribution in [0.3, 0.4) is 0 Å². The molecule has 4 fully saturated rings. The lowest BCUT2D eigenvalue weighted by Crippen LogP contribution is -2.50. The van der Waals surface area contributed by atoms with E-state index in [9.17, 15) is 9.90 Å². The molecule has 9 heteroatoms. The summed E-state index contributed by atoms with van der Waals surface area (Å²) in [5.41, 5.74) is 3.66. The van der Waals surface area contributed by atoms with Crippen LogP contribution in [-0.4, -0.2) is 56.3 Å². The Morgan fingerprint density at radius 3 is 2.58 bits per heavy atom. The number of hydrazone groups is 1. The van der Waals surface area contributed by atoms with Crippen molar-refractivity contribution in [3.05, 3.63) is 0 Å². The zero-order valence-corrected chi connectivity index (χ0v) is 20.3. The lowest BCUT2D eigenvalue weighted by atomic mass is 9.49. The SMILES string of the molecule is [B]C([B])(O)OCC1CCC2C(CCC3C2CCC2(C)C(C(=O)CN(N)/N=C(/C)N)CCC32)C1. The highest BCUT2D eigenvalue weighted by Gasteiger charge is 2.58. The molecule has 0 aromatic heterocycles. The Balaban J connectivity index is 1.38. The average molecular weight is 454 g/mol. The van der Waals surface area contributed by atoms with Gasteiger partial charge in [-0.05, 0) is 106 Å². The van der Waals surface area contributed by atoms with Gasteiger partial charge in [0.05, 0.1) is 12.2 Å². The quantitative estimate of drug-likeness (QED) is 0.135. The van der Waals surface area contributed by atoms with Gasteiger partial charge in [0.15, 0.2) is 5.78 Å². The fourth-order valence-corrected chi connectivity index (χ4v) is 8.39. The van der Waals surface area contributed by atoms with Crippen molar-refractivity contribution in [1.82, 2.24) is 5.12 Å². The summed E-state index contributed by atoms with van der Waals surface area (Å²) in [4.78, 5) is 13.2. The normalized spacial score (nSPS) is 41.1. The van der Waals surface area contributed by atoms with Crippen LogP contribution in [0.1, 0.15) is 71.6 Å². The van der Waals surface area contributed by atoms with Gasteiger partial charge < -0.3 is 15.6 Å². The zero-order valence-electron chi connectivity index (χ0n) is 20.3. The molecule has 0 bridgehead atoms. The van der Waals surface area contributed by atoms with Crippen LogP contribution >= 0.6 is 0 Å². The molecule has 0 aliphatic heterocycles. The number of rotatable bonds is 7. The smallest absolute Gasteiger partial charge is 0.159 e. The molecular weight excluding hydrogens is 414 g/mol. The Labute approximate surface area is 201 Å². The van der Waals surface area contributed by atoms with Crippen LogP contribution in [0, 0.1) is 46.8 Å². The van der Waals surface area contributed by atoms with Gasteiger partial charge in [0.2, 0.25) is 0 Å². The van der Waals surface area contributed by atoms with Gasteiger partial charge in [0.25, 0.3) is 0 Å². The third-order valence-electron chi connectivity index (χ3n) is 9.61. The first-order valence-corrected chi connectivity index (χ1v) is 12.8. The molecule has 4 rings (SSSR count). The number of ketones is 1. The maximum Gasteiger partial charge on any atom is 0.159 e. The van der Waals surface area contributed by atoms with Crippen molar-refractivity contribution in [2.75, 3.05) is 13.2 Å². The molecule has 180 valence electrons. The maximum atomic E-state index is 13.2. The third-order valence-corrected chi connectivity index (χ3v) is 9.61. The number of nitrogens with two attached hydrogens (primary N) is 2. The topological polar surface area (TPSA) is 114 Å². The molecule has 0 aromatic rings. The highest BCUT2D eigenvalue weighted by molar-refractivity contribution is 6.37. The van der Waals surface area contributed by atoms with Crippen molar-refractivity contribution >= 4 is 27.3 Å². The molecule has 0 saturated heterocycles. The molecule has 4 aliphatic rings. The van der Waals surface area contributed by atoms with E-state index in [-0.39, 0.29) is 23.7 Å². The lowest BCUT2D eigenvalue weighted by Gasteiger charge is -2.56. The molecule has 0 heterocycles. The summed E-state index contributed by atoms with van der Waals surface area (Å²) in [6.07, 6.45) is 10.5. The molecule has 8 unspecified atom stereocenters. The first kappa shape index (κ1) is 25.1. The fraction of sp³-hybridized carbons (Fsp3) is 0.917. The minimum atomic E-state index is -2.03. The number of ether oxygens (including phenoxy) is 1. The highest BCUT2D eigenvalue weighted by atomic mass is 16.6. The minimum absolute atomic E-state index is 0.0691. The summed E-state index contributed by atoms with van der Waals surface area (Å²) >= 11 is 0. The van der Waals surface area contributed by atoms with E-state index in [0.717, 1.165) is 55.8 Å². The second kappa shape index (κ2) is 9.54. The van der Waals surface area contributed by atoms with Gasteiger partial charge >= 0.3 is 0 Å². The van der Waals surface area contributed by atoms with Gasteiger partial charge in [-0.15, -0.1) is 5.10 Å². The highest BCUT2D eigenvalue weighted by Crippen LogP contribution is 2.64. The fourth-order valence-electron chi connectivity index (χ4n) is 8.39. The van der Waals surface area contributed by atoms with Crippen molar-refractivity contribution in [3.8, 4) is 0 Å². The Morgan fingerprint density at radius 1 is 1.15 bits per heavy atom.